The van der Waals surface area contributed by atoms with Crippen molar-refractivity contribution in [3.63, 3.8) is 0 Å². The predicted molar refractivity (Wildman–Crippen MR) is 167 cm³/mol. The van der Waals surface area contributed by atoms with Gasteiger partial charge in [0.25, 0.3) is 0 Å². The first kappa shape index (κ1) is 35.9. The number of carbonyl (C=O) groups excluding carboxylic acids is 2. The molecule has 5 aliphatic rings. The minimum absolute atomic E-state index is 0.199. The van der Waals surface area contributed by atoms with Crippen LogP contribution in [-0.2, 0) is 37.9 Å². The van der Waals surface area contributed by atoms with E-state index < -0.39 is 122 Å². The fourth-order valence-electron chi connectivity index (χ4n) is 7.39. The molecule has 0 radical (unpaired) electrons. The van der Waals surface area contributed by atoms with E-state index in [1.54, 1.807) is 61.5 Å². The predicted octanol–water partition coefficient (Wildman–Crippen LogP) is -1.01. The van der Waals surface area contributed by atoms with Gasteiger partial charge in [0, 0.05) is 5.92 Å². The minimum atomic E-state index is -1.71. The van der Waals surface area contributed by atoms with Crippen molar-refractivity contribution in [2.45, 2.75) is 92.4 Å². The minimum Gasteiger partial charge on any atom is -0.472 e. The number of aliphatic hydroxyl groups excluding tert-OH is 6. The molecule has 0 unspecified atom stereocenters. The quantitative estimate of drug-likeness (QED) is 0.128. The average Bonchev–Trinajstić information content (AvgIpc) is 3.83. The van der Waals surface area contributed by atoms with Gasteiger partial charge >= 0.3 is 11.9 Å². The van der Waals surface area contributed by atoms with E-state index in [0.717, 1.165) is 0 Å². The molecule has 1 aliphatic carbocycles. The maximum Gasteiger partial charge on any atom is 0.338 e. The molecule has 0 spiro atoms. The van der Waals surface area contributed by atoms with Gasteiger partial charge in [-0.1, -0.05) is 36.4 Å². The first-order valence-corrected chi connectivity index (χ1v) is 16.7. The van der Waals surface area contributed by atoms with E-state index in [1.807, 2.05) is 0 Å². The molecule has 4 heterocycles. The number of fused-ring (bicyclic) bond motifs is 3. The molecule has 276 valence electrons. The summed E-state index contributed by atoms with van der Waals surface area (Å²) in [5.74, 6) is -2.87. The zero-order chi connectivity index (χ0) is 36.0. The number of ether oxygens (including phenoxy) is 8. The highest BCUT2D eigenvalue weighted by Crippen LogP contribution is 2.61. The molecule has 2 aromatic rings. The van der Waals surface area contributed by atoms with Crippen LogP contribution in [0.15, 0.2) is 73.0 Å². The number of hydrogen-bond donors (Lipinski definition) is 6. The van der Waals surface area contributed by atoms with E-state index in [-0.39, 0.29) is 11.1 Å². The Labute approximate surface area is 291 Å². The number of epoxide rings is 1. The zero-order valence-corrected chi connectivity index (χ0v) is 27.3. The Bertz CT molecular complexity index is 1560. The molecule has 1 saturated carbocycles. The first-order valence-electron chi connectivity index (χ1n) is 16.7. The number of hydrogen-bond acceptors (Lipinski definition) is 16. The van der Waals surface area contributed by atoms with Gasteiger partial charge in [0.05, 0.1) is 48.7 Å². The molecule has 4 fully saturated rings. The summed E-state index contributed by atoms with van der Waals surface area (Å²) in [6.07, 6.45) is -14.4. The molecule has 7 rings (SSSR count). The van der Waals surface area contributed by atoms with E-state index in [1.165, 1.54) is 18.4 Å². The summed E-state index contributed by atoms with van der Waals surface area (Å²) in [5, 5.41) is 62.8. The number of aliphatic hydroxyl groups is 6. The summed E-state index contributed by atoms with van der Waals surface area (Å²) in [6, 6.07) is 16.3. The van der Waals surface area contributed by atoms with Gasteiger partial charge < -0.3 is 68.5 Å². The van der Waals surface area contributed by atoms with Crippen LogP contribution in [0.25, 0.3) is 0 Å². The Balaban J connectivity index is 1.11. The lowest BCUT2D eigenvalue weighted by molar-refractivity contribution is -0.346. The lowest BCUT2D eigenvalue weighted by Gasteiger charge is -2.44. The van der Waals surface area contributed by atoms with E-state index in [4.69, 9.17) is 37.9 Å². The first-order chi connectivity index (χ1) is 24.6. The van der Waals surface area contributed by atoms with E-state index >= 15 is 0 Å². The molecule has 0 aromatic heterocycles. The Kier molecular flexibility index (Phi) is 10.2. The molecule has 0 amide bonds. The Morgan fingerprint density at radius 2 is 1.33 bits per heavy atom. The van der Waals surface area contributed by atoms with Gasteiger partial charge in [0.15, 0.2) is 24.8 Å². The van der Waals surface area contributed by atoms with Crippen LogP contribution < -0.4 is 0 Å². The zero-order valence-electron chi connectivity index (χ0n) is 27.3. The summed E-state index contributed by atoms with van der Waals surface area (Å²) in [6.45, 7) is 0.417. The smallest absolute Gasteiger partial charge is 0.338 e. The van der Waals surface area contributed by atoms with Crippen LogP contribution >= 0.6 is 0 Å². The summed E-state index contributed by atoms with van der Waals surface area (Å²) in [5.41, 5.74) is -0.817. The Morgan fingerprint density at radius 3 is 1.94 bits per heavy atom. The van der Waals surface area contributed by atoms with Gasteiger partial charge in [-0.3, -0.25) is 0 Å². The summed E-state index contributed by atoms with van der Waals surface area (Å²) < 4.78 is 47.2. The van der Waals surface area contributed by atoms with Crippen molar-refractivity contribution >= 4 is 11.9 Å². The van der Waals surface area contributed by atoms with Crippen LogP contribution in [-0.4, -0.2) is 141 Å². The van der Waals surface area contributed by atoms with Gasteiger partial charge in [0.1, 0.15) is 42.2 Å². The maximum absolute atomic E-state index is 13.2. The van der Waals surface area contributed by atoms with Crippen molar-refractivity contribution < 1.29 is 78.1 Å². The van der Waals surface area contributed by atoms with Crippen molar-refractivity contribution in [3.8, 4) is 0 Å². The molecule has 16 atom stereocenters. The summed E-state index contributed by atoms with van der Waals surface area (Å²) in [7, 11) is 0. The highest BCUT2D eigenvalue weighted by Gasteiger charge is 2.77. The summed E-state index contributed by atoms with van der Waals surface area (Å²) >= 11 is 0. The molecular weight excluding hydrogens is 676 g/mol. The topological polar surface area (TPSA) is 233 Å². The Morgan fingerprint density at radius 1 is 0.725 bits per heavy atom. The van der Waals surface area contributed by atoms with Crippen LogP contribution in [0.2, 0.25) is 0 Å². The highest BCUT2D eigenvalue weighted by molar-refractivity contribution is 5.90. The van der Waals surface area contributed by atoms with E-state index in [9.17, 15) is 40.2 Å². The van der Waals surface area contributed by atoms with E-state index in [2.05, 4.69) is 0 Å². The van der Waals surface area contributed by atoms with E-state index in [0.29, 0.717) is 0 Å². The molecule has 51 heavy (non-hydrogen) atoms. The number of rotatable bonds is 10. The fraction of sp³-hybridized carbons (Fsp3) is 0.543. The van der Waals surface area contributed by atoms with Crippen LogP contribution in [0.5, 0.6) is 0 Å². The molecule has 6 N–H and O–H groups in total. The molecule has 4 aliphatic heterocycles. The van der Waals surface area contributed by atoms with Crippen LogP contribution in [0, 0.1) is 11.8 Å². The van der Waals surface area contributed by atoms with Gasteiger partial charge in [0.2, 0.25) is 6.29 Å². The number of benzene rings is 2. The number of esters is 2. The summed E-state index contributed by atoms with van der Waals surface area (Å²) in [4.78, 5) is 26.3. The van der Waals surface area contributed by atoms with Crippen LogP contribution in [0.3, 0.4) is 0 Å². The van der Waals surface area contributed by atoms with Crippen molar-refractivity contribution in [2.24, 2.45) is 11.8 Å². The number of carbonyl (C=O) groups is 2. The standard InChI is InChI=1S/C35H40O16/c1-16-26(47-30(42)17-8-4-2-5-9-17)28(48-31(43)18-10-6-3-7-11-18)25(41)34(45-16)49-27-19-12-13-44-32(21(19)35(15-37)29(27)51-35)50-33-24(40)23(39)22(38)20(14-36)46-33/h2-13,16,19-29,32-34,36-41H,14-15H2,1H3/t16-,19+,20+,21+,22+,23-,24+,25+,26-,27-,28-,29-,32-,33-,34-,35+/m0/s1. The van der Waals surface area contributed by atoms with Gasteiger partial charge in [-0.05, 0) is 37.3 Å². The van der Waals surface area contributed by atoms with Crippen molar-refractivity contribution in [2.75, 3.05) is 13.2 Å². The van der Waals surface area contributed by atoms with Crippen molar-refractivity contribution in [1.29, 1.82) is 0 Å². The van der Waals surface area contributed by atoms with Gasteiger partial charge in [-0.2, -0.15) is 0 Å². The Hall–Kier alpha value is -3.52. The average molecular weight is 717 g/mol. The van der Waals surface area contributed by atoms with Crippen molar-refractivity contribution in [3.05, 3.63) is 84.1 Å². The normalized spacial score (nSPS) is 42.6. The van der Waals surface area contributed by atoms with Crippen LogP contribution in [0.4, 0.5) is 0 Å². The molecule has 3 saturated heterocycles. The van der Waals surface area contributed by atoms with Crippen molar-refractivity contribution in [1.82, 2.24) is 0 Å². The maximum atomic E-state index is 13.2. The third-order valence-electron chi connectivity index (χ3n) is 10.1. The van der Waals surface area contributed by atoms with Crippen LogP contribution in [0.1, 0.15) is 27.6 Å². The fourth-order valence-corrected chi connectivity index (χ4v) is 7.39. The lowest BCUT2D eigenvalue weighted by atomic mass is 9.85. The monoisotopic (exact) mass is 716 g/mol. The second-order valence-corrected chi connectivity index (χ2v) is 13.2. The molecule has 16 nitrogen and oxygen atoms in total. The second-order valence-electron chi connectivity index (χ2n) is 13.2. The van der Waals surface area contributed by atoms with Gasteiger partial charge in [-0.25, -0.2) is 9.59 Å². The SMILES string of the molecule is C[C@@H]1O[C@@H](O[C@H]2[C@@H]3C=CO[C@@H](O[C@@H]4O[C@H](CO)[C@@H](O)[C@H](O)[C@H]4O)[C@@H]3[C@@]3(CO)O[C@@H]23)[C@H](O)[C@H](OC(=O)c2ccccc2)[C@H]1OC(=O)c1ccccc1. The second kappa shape index (κ2) is 14.5. The largest absolute Gasteiger partial charge is 0.472 e. The third kappa shape index (κ3) is 6.55. The van der Waals surface area contributed by atoms with Gasteiger partial charge in [-0.15, -0.1) is 0 Å². The molecule has 16 heteroatoms. The molecule has 2 aromatic carbocycles. The molecule has 0 bridgehead atoms. The highest BCUT2D eigenvalue weighted by atomic mass is 16.8. The molecular formula is C35H40O16. The lowest BCUT2D eigenvalue weighted by Crippen LogP contribution is -2.61. The third-order valence-corrected chi connectivity index (χ3v) is 10.1.